The van der Waals surface area contributed by atoms with Gasteiger partial charge in [0.25, 0.3) is 5.91 Å². The molecule has 0 radical (unpaired) electrons. The second-order valence-electron chi connectivity index (χ2n) is 4.28. The molecule has 22 heavy (non-hydrogen) atoms. The van der Waals surface area contributed by atoms with Crippen LogP contribution in [0.25, 0.3) is 0 Å². The van der Waals surface area contributed by atoms with E-state index in [-0.39, 0.29) is 5.91 Å². The van der Waals surface area contributed by atoms with Gasteiger partial charge in [0.2, 0.25) is 0 Å². The van der Waals surface area contributed by atoms with E-state index >= 15 is 0 Å². The van der Waals surface area contributed by atoms with Crippen LogP contribution in [0.3, 0.4) is 0 Å². The molecule has 2 aromatic rings. The van der Waals surface area contributed by atoms with Crippen LogP contribution >= 0.6 is 11.3 Å². The molecule has 0 aliphatic heterocycles. The highest BCUT2D eigenvalue weighted by Crippen LogP contribution is 2.27. The van der Waals surface area contributed by atoms with Gasteiger partial charge in [-0.25, -0.2) is 10.4 Å². The Balaban J connectivity index is 2.12. The SMILES string of the molecule is COc1ccc(C(=O)N/N=C(\C)c2csc(N)n2)cc1OC. The molecule has 7 nitrogen and oxygen atoms in total. The van der Waals surface area contributed by atoms with Gasteiger partial charge in [0, 0.05) is 10.9 Å². The molecule has 0 saturated heterocycles. The van der Waals surface area contributed by atoms with E-state index in [9.17, 15) is 4.79 Å². The average Bonchev–Trinajstić information content (AvgIpc) is 2.98. The summed E-state index contributed by atoms with van der Waals surface area (Å²) in [7, 11) is 3.04. The third-order valence-electron chi connectivity index (χ3n) is 2.86. The van der Waals surface area contributed by atoms with Gasteiger partial charge in [0.05, 0.1) is 25.6 Å². The van der Waals surface area contributed by atoms with Crippen LogP contribution < -0.4 is 20.6 Å². The maximum atomic E-state index is 12.1. The second-order valence-corrected chi connectivity index (χ2v) is 5.17. The van der Waals surface area contributed by atoms with Crippen LogP contribution in [-0.4, -0.2) is 30.8 Å². The lowest BCUT2D eigenvalue weighted by Crippen LogP contribution is -2.19. The minimum atomic E-state index is -0.358. The number of methoxy groups -OCH3 is 2. The molecule has 8 heteroatoms. The number of rotatable bonds is 5. The van der Waals surface area contributed by atoms with E-state index in [1.165, 1.54) is 25.6 Å². The summed E-state index contributed by atoms with van der Waals surface area (Å²) in [6, 6.07) is 4.87. The third-order valence-corrected chi connectivity index (χ3v) is 3.54. The molecule has 1 aromatic heterocycles. The maximum absolute atomic E-state index is 12.1. The highest BCUT2D eigenvalue weighted by molar-refractivity contribution is 7.13. The van der Waals surface area contributed by atoms with E-state index in [1.54, 1.807) is 30.5 Å². The summed E-state index contributed by atoms with van der Waals surface area (Å²) >= 11 is 1.32. The van der Waals surface area contributed by atoms with E-state index in [0.717, 1.165) is 0 Å². The van der Waals surface area contributed by atoms with Crippen LogP contribution in [0.2, 0.25) is 0 Å². The fourth-order valence-electron chi connectivity index (χ4n) is 1.69. The van der Waals surface area contributed by atoms with Crippen LogP contribution in [-0.2, 0) is 0 Å². The number of ether oxygens (including phenoxy) is 2. The van der Waals surface area contributed by atoms with Crippen LogP contribution in [0.4, 0.5) is 5.13 Å². The average molecular weight is 320 g/mol. The van der Waals surface area contributed by atoms with Gasteiger partial charge < -0.3 is 15.2 Å². The lowest BCUT2D eigenvalue weighted by molar-refractivity contribution is 0.0954. The first-order valence-corrected chi connectivity index (χ1v) is 7.21. The Morgan fingerprint density at radius 3 is 2.64 bits per heavy atom. The van der Waals surface area contributed by atoms with Gasteiger partial charge in [-0.05, 0) is 25.1 Å². The van der Waals surface area contributed by atoms with Crippen LogP contribution in [0.5, 0.6) is 11.5 Å². The lowest BCUT2D eigenvalue weighted by Gasteiger charge is -2.08. The van der Waals surface area contributed by atoms with Crippen molar-refractivity contribution in [2.45, 2.75) is 6.92 Å². The van der Waals surface area contributed by atoms with Gasteiger partial charge in [-0.3, -0.25) is 4.79 Å². The fraction of sp³-hybridized carbons (Fsp3) is 0.214. The molecular formula is C14H16N4O3S. The number of hydrogen-bond donors (Lipinski definition) is 2. The summed E-state index contributed by atoms with van der Waals surface area (Å²) in [5, 5.41) is 6.24. The second kappa shape index (κ2) is 6.90. The Hall–Kier alpha value is -2.61. The van der Waals surface area contributed by atoms with E-state index < -0.39 is 0 Å². The van der Waals surface area contributed by atoms with Gasteiger partial charge in [-0.15, -0.1) is 11.3 Å². The van der Waals surface area contributed by atoms with E-state index in [4.69, 9.17) is 15.2 Å². The fourth-order valence-corrected chi connectivity index (χ4v) is 2.29. The van der Waals surface area contributed by atoms with Gasteiger partial charge >= 0.3 is 0 Å². The summed E-state index contributed by atoms with van der Waals surface area (Å²) in [4.78, 5) is 16.2. The Morgan fingerprint density at radius 1 is 1.32 bits per heavy atom. The zero-order valence-corrected chi connectivity index (χ0v) is 13.2. The molecule has 0 fully saturated rings. The predicted molar refractivity (Wildman–Crippen MR) is 85.7 cm³/mol. The molecule has 1 aromatic carbocycles. The number of hydrazone groups is 1. The third kappa shape index (κ3) is 3.53. The molecular weight excluding hydrogens is 304 g/mol. The lowest BCUT2D eigenvalue weighted by atomic mass is 10.2. The Kier molecular flexibility index (Phi) is 4.95. The van der Waals surface area contributed by atoms with Crippen molar-refractivity contribution >= 4 is 28.1 Å². The van der Waals surface area contributed by atoms with Crippen molar-refractivity contribution in [3.05, 3.63) is 34.8 Å². The Bertz CT molecular complexity index is 712. The normalized spacial score (nSPS) is 11.1. The summed E-state index contributed by atoms with van der Waals surface area (Å²) in [6.07, 6.45) is 0. The molecule has 0 unspecified atom stereocenters. The Labute approximate surface area is 131 Å². The van der Waals surface area contributed by atoms with Gasteiger partial charge in [-0.1, -0.05) is 0 Å². The largest absolute Gasteiger partial charge is 0.493 e. The molecule has 116 valence electrons. The molecule has 2 rings (SSSR count). The number of nitrogens with zero attached hydrogens (tertiary/aromatic N) is 2. The number of carbonyl (C=O) groups is 1. The standard InChI is InChI=1S/C14H16N4O3S/c1-8(10-7-22-14(15)16-10)17-18-13(19)9-4-5-11(20-2)12(6-9)21-3/h4-7H,1-3H3,(H2,15,16)(H,18,19)/b17-8+. The van der Waals surface area contributed by atoms with Crippen molar-refractivity contribution in [3.63, 3.8) is 0 Å². The number of nitrogen functional groups attached to an aromatic ring is 1. The first-order valence-electron chi connectivity index (χ1n) is 6.33. The summed E-state index contributed by atoms with van der Waals surface area (Å²) in [5.74, 6) is 0.670. The van der Waals surface area contributed by atoms with Crippen LogP contribution in [0.1, 0.15) is 23.0 Å². The number of aromatic nitrogens is 1. The molecule has 1 amide bonds. The number of carbonyl (C=O) groups excluding carboxylic acids is 1. The summed E-state index contributed by atoms with van der Waals surface area (Å²) in [6.45, 7) is 1.74. The number of amides is 1. The summed E-state index contributed by atoms with van der Waals surface area (Å²) < 4.78 is 10.3. The Morgan fingerprint density at radius 2 is 2.05 bits per heavy atom. The summed E-state index contributed by atoms with van der Waals surface area (Å²) in [5.41, 5.74) is 9.65. The molecule has 0 saturated carbocycles. The highest BCUT2D eigenvalue weighted by Gasteiger charge is 2.10. The number of benzene rings is 1. The van der Waals surface area contributed by atoms with Crippen molar-refractivity contribution < 1.29 is 14.3 Å². The number of hydrogen-bond acceptors (Lipinski definition) is 7. The van der Waals surface area contributed by atoms with Crippen molar-refractivity contribution in [1.29, 1.82) is 0 Å². The molecule has 0 aliphatic carbocycles. The van der Waals surface area contributed by atoms with Gasteiger partial charge in [0.15, 0.2) is 16.6 Å². The molecule has 0 aliphatic rings. The molecule has 0 atom stereocenters. The monoisotopic (exact) mass is 320 g/mol. The zero-order valence-electron chi connectivity index (χ0n) is 12.4. The number of nitrogens with one attached hydrogen (secondary N) is 1. The van der Waals surface area contributed by atoms with E-state index in [2.05, 4.69) is 15.5 Å². The van der Waals surface area contributed by atoms with Crippen molar-refractivity contribution in [2.75, 3.05) is 20.0 Å². The van der Waals surface area contributed by atoms with Crippen LogP contribution in [0.15, 0.2) is 28.7 Å². The number of thiazole rings is 1. The van der Waals surface area contributed by atoms with Crippen LogP contribution in [0, 0.1) is 0 Å². The first kappa shape index (κ1) is 15.8. The minimum Gasteiger partial charge on any atom is -0.493 e. The molecule has 0 bridgehead atoms. The number of anilines is 1. The maximum Gasteiger partial charge on any atom is 0.271 e. The smallest absolute Gasteiger partial charge is 0.271 e. The van der Waals surface area contributed by atoms with Crippen molar-refractivity contribution in [1.82, 2.24) is 10.4 Å². The predicted octanol–water partition coefficient (Wildman–Crippen LogP) is 1.90. The van der Waals surface area contributed by atoms with Gasteiger partial charge in [-0.2, -0.15) is 5.10 Å². The molecule has 1 heterocycles. The van der Waals surface area contributed by atoms with E-state index in [1.807, 2.05) is 0 Å². The quantitative estimate of drug-likeness (QED) is 0.647. The molecule has 0 spiro atoms. The minimum absolute atomic E-state index is 0.358. The zero-order chi connectivity index (χ0) is 16.1. The first-order chi connectivity index (χ1) is 10.5. The van der Waals surface area contributed by atoms with Gasteiger partial charge in [0.1, 0.15) is 0 Å². The highest BCUT2D eigenvalue weighted by atomic mass is 32.1. The van der Waals surface area contributed by atoms with Crippen molar-refractivity contribution in [3.8, 4) is 11.5 Å². The molecule has 3 N–H and O–H groups in total. The number of nitrogens with two attached hydrogens (primary N) is 1. The van der Waals surface area contributed by atoms with E-state index in [0.29, 0.717) is 33.6 Å². The van der Waals surface area contributed by atoms with Crippen molar-refractivity contribution in [2.24, 2.45) is 5.10 Å². The topological polar surface area (TPSA) is 98.8 Å².